The first-order valence-corrected chi connectivity index (χ1v) is 6.88. The van der Waals surface area contributed by atoms with E-state index in [1.165, 1.54) is 18.4 Å². The fourth-order valence-corrected chi connectivity index (χ4v) is 2.38. The van der Waals surface area contributed by atoms with Gasteiger partial charge in [0.2, 0.25) is 0 Å². The van der Waals surface area contributed by atoms with Gasteiger partial charge < -0.3 is 5.32 Å². The van der Waals surface area contributed by atoms with E-state index in [0.29, 0.717) is 6.04 Å². The first-order chi connectivity index (χ1) is 8.72. The molecule has 4 heteroatoms. The highest BCUT2D eigenvalue weighted by Gasteiger charge is 2.21. The summed E-state index contributed by atoms with van der Waals surface area (Å²) in [5.74, 6) is 0.871. The standard InChI is InChI=1S/C14H14BrN3/c1-9-8-10(15)2-5-12(9)13-6-7-14(18-17-13)16-11-3-4-11/h2,5-8,11H,3-4H2,1H3,(H,16,18). The van der Waals surface area contributed by atoms with Gasteiger partial charge in [0.05, 0.1) is 5.69 Å². The van der Waals surface area contributed by atoms with Crippen molar-refractivity contribution in [3.05, 3.63) is 40.4 Å². The number of anilines is 1. The molecule has 0 atom stereocenters. The zero-order chi connectivity index (χ0) is 12.5. The van der Waals surface area contributed by atoms with E-state index in [2.05, 4.69) is 50.5 Å². The SMILES string of the molecule is Cc1cc(Br)ccc1-c1ccc(NC2CC2)nn1. The van der Waals surface area contributed by atoms with Crippen LogP contribution in [0.25, 0.3) is 11.3 Å². The third-order valence-corrected chi connectivity index (χ3v) is 3.55. The summed E-state index contributed by atoms with van der Waals surface area (Å²) in [6.07, 6.45) is 2.49. The van der Waals surface area contributed by atoms with Crippen LogP contribution in [0.3, 0.4) is 0 Å². The minimum atomic E-state index is 0.611. The summed E-state index contributed by atoms with van der Waals surface area (Å²) in [5, 5.41) is 11.9. The van der Waals surface area contributed by atoms with E-state index in [1.54, 1.807) is 0 Å². The van der Waals surface area contributed by atoms with Crippen LogP contribution in [0.2, 0.25) is 0 Å². The maximum Gasteiger partial charge on any atom is 0.148 e. The van der Waals surface area contributed by atoms with Gasteiger partial charge in [-0.3, -0.25) is 0 Å². The molecule has 0 amide bonds. The maximum absolute atomic E-state index is 4.29. The Balaban J connectivity index is 1.86. The van der Waals surface area contributed by atoms with Crippen LogP contribution in [0.4, 0.5) is 5.82 Å². The molecular formula is C14H14BrN3. The quantitative estimate of drug-likeness (QED) is 0.937. The minimum Gasteiger partial charge on any atom is -0.366 e. The van der Waals surface area contributed by atoms with E-state index in [4.69, 9.17) is 0 Å². The molecule has 1 fully saturated rings. The van der Waals surface area contributed by atoms with Crippen LogP contribution >= 0.6 is 15.9 Å². The molecule has 2 aromatic rings. The Bertz CT molecular complexity index is 562. The summed E-state index contributed by atoms with van der Waals surface area (Å²) in [6, 6.07) is 10.8. The molecule has 3 rings (SSSR count). The molecule has 0 saturated heterocycles. The molecule has 92 valence electrons. The molecule has 3 nitrogen and oxygen atoms in total. The fraction of sp³-hybridized carbons (Fsp3) is 0.286. The zero-order valence-electron chi connectivity index (χ0n) is 10.2. The van der Waals surface area contributed by atoms with Gasteiger partial charge in [-0.15, -0.1) is 10.2 Å². The molecule has 0 spiro atoms. The van der Waals surface area contributed by atoms with Gasteiger partial charge in [-0.2, -0.15) is 0 Å². The number of aromatic nitrogens is 2. The first-order valence-electron chi connectivity index (χ1n) is 6.09. The number of hydrogen-bond donors (Lipinski definition) is 1. The molecule has 1 aromatic heterocycles. The van der Waals surface area contributed by atoms with Gasteiger partial charge in [-0.1, -0.05) is 22.0 Å². The van der Waals surface area contributed by atoms with Crippen LogP contribution in [0.5, 0.6) is 0 Å². The summed E-state index contributed by atoms with van der Waals surface area (Å²) in [5.41, 5.74) is 3.24. The van der Waals surface area contributed by atoms with E-state index < -0.39 is 0 Å². The van der Waals surface area contributed by atoms with Crippen LogP contribution in [0.15, 0.2) is 34.8 Å². The summed E-state index contributed by atoms with van der Waals surface area (Å²) >= 11 is 3.47. The van der Waals surface area contributed by atoms with Crippen molar-refractivity contribution in [1.82, 2.24) is 10.2 Å². The van der Waals surface area contributed by atoms with Gasteiger partial charge in [0, 0.05) is 16.1 Å². The summed E-state index contributed by atoms with van der Waals surface area (Å²) in [7, 11) is 0. The molecule has 1 aliphatic rings. The van der Waals surface area contributed by atoms with Crippen molar-refractivity contribution in [3.8, 4) is 11.3 Å². The van der Waals surface area contributed by atoms with Crippen LogP contribution in [0.1, 0.15) is 18.4 Å². The Morgan fingerprint density at radius 1 is 1.17 bits per heavy atom. The van der Waals surface area contributed by atoms with E-state index >= 15 is 0 Å². The lowest BCUT2D eigenvalue weighted by molar-refractivity contribution is 1.00. The molecule has 1 N–H and O–H groups in total. The maximum atomic E-state index is 4.29. The fourth-order valence-electron chi connectivity index (χ4n) is 1.90. The van der Waals surface area contributed by atoms with E-state index in [9.17, 15) is 0 Å². The highest BCUT2D eigenvalue weighted by molar-refractivity contribution is 9.10. The third-order valence-electron chi connectivity index (χ3n) is 3.06. The molecule has 0 aliphatic heterocycles. The highest BCUT2D eigenvalue weighted by Crippen LogP contribution is 2.26. The van der Waals surface area contributed by atoms with Crippen molar-refractivity contribution in [2.75, 3.05) is 5.32 Å². The lowest BCUT2D eigenvalue weighted by Crippen LogP contribution is -2.04. The number of nitrogens with one attached hydrogen (secondary N) is 1. The number of benzene rings is 1. The van der Waals surface area contributed by atoms with Crippen molar-refractivity contribution in [1.29, 1.82) is 0 Å². The smallest absolute Gasteiger partial charge is 0.148 e. The van der Waals surface area contributed by atoms with Gasteiger partial charge in [0.25, 0.3) is 0 Å². The second-order valence-electron chi connectivity index (χ2n) is 4.68. The topological polar surface area (TPSA) is 37.8 Å². The number of rotatable bonds is 3. The van der Waals surface area contributed by atoms with Crippen LogP contribution in [0, 0.1) is 6.92 Å². The van der Waals surface area contributed by atoms with Crippen molar-refractivity contribution in [3.63, 3.8) is 0 Å². The Morgan fingerprint density at radius 3 is 2.61 bits per heavy atom. The predicted octanol–water partition coefficient (Wildman–Crippen LogP) is 3.79. The summed E-state index contributed by atoms with van der Waals surface area (Å²) < 4.78 is 1.09. The lowest BCUT2D eigenvalue weighted by atomic mass is 10.1. The molecule has 0 unspecified atom stereocenters. The van der Waals surface area contributed by atoms with Gasteiger partial charge >= 0.3 is 0 Å². The third kappa shape index (κ3) is 2.53. The van der Waals surface area contributed by atoms with E-state index in [1.807, 2.05) is 18.2 Å². The van der Waals surface area contributed by atoms with Gasteiger partial charge in [0.1, 0.15) is 5.82 Å². The normalized spacial score (nSPS) is 14.6. The molecular weight excluding hydrogens is 290 g/mol. The Hall–Kier alpha value is -1.42. The first kappa shape index (κ1) is 11.7. The number of hydrogen-bond acceptors (Lipinski definition) is 3. The van der Waals surface area contributed by atoms with Crippen LogP contribution in [-0.2, 0) is 0 Å². The molecule has 1 aliphatic carbocycles. The molecule has 0 radical (unpaired) electrons. The monoisotopic (exact) mass is 303 g/mol. The lowest BCUT2D eigenvalue weighted by Gasteiger charge is -2.06. The van der Waals surface area contributed by atoms with E-state index in [0.717, 1.165) is 21.5 Å². The largest absolute Gasteiger partial charge is 0.366 e. The molecule has 0 bridgehead atoms. The number of nitrogens with zero attached hydrogens (tertiary/aromatic N) is 2. The molecule has 1 heterocycles. The second-order valence-corrected chi connectivity index (χ2v) is 5.60. The molecule has 1 saturated carbocycles. The Labute approximate surface area is 115 Å². The van der Waals surface area contributed by atoms with Crippen LogP contribution in [-0.4, -0.2) is 16.2 Å². The molecule has 18 heavy (non-hydrogen) atoms. The van der Waals surface area contributed by atoms with Crippen molar-refractivity contribution < 1.29 is 0 Å². The average molecular weight is 304 g/mol. The summed E-state index contributed by atoms with van der Waals surface area (Å²) in [4.78, 5) is 0. The Morgan fingerprint density at radius 2 is 2.00 bits per heavy atom. The number of halogens is 1. The van der Waals surface area contributed by atoms with E-state index in [-0.39, 0.29) is 0 Å². The van der Waals surface area contributed by atoms with Gasteiger partial charge in [0.15, 0.2) is 0 Å². The average Bonchev–Trinajstić information content (AvgIpc) is 3.15. The van der Waals surface area contributed by atoms with Crippen molar-refractivity contribution in [2.24, 2.45) is 0 Å². The van der Waals surface area contributed by atoms with Crippen molar-refractivity contribution >= 4 is 21.7 Å². The predicted molar refractivity (Wildman–Crippen MR) is 76.5 cm³/mol. The van der Waals surface area contributed by atoms with Gasteiger partial charge in [-0.25, -0.2) is 0 Å². The minimum absolute atomic E-state index is 0.611. The summed E-state index contributed by atoms with van der Waals surface area (Å²) in [6.45, 7) is 2.08. The van der Waals surface area contributed by atoms with Crippen LogP contribution < -0.4 is 5.32 Å². The molecule has 1 aromatic carbocycles. The number of aryl methyl sites for hydroxylation is 1. The van der Waals surface area contributed by atoms with Crippen molar-refractivity contribution in [2.45, 2.75) is 25.8 Å². The zero-order valence-corrected chi connectivity index (χ0v) is 11.7. The second kappa shape index (κ2) is 4.69. The Kier molecular flexibility index (Phi) is 3.04. The van der Waals surface area contributed by atoms with Gasteiger partial charge in [-0.05, 0) is 49.6 Å². The highest BCUT2D eigenvalue weighted by atomic mass is 79.9.